The molecule has 0 N–H and O–H groups in total. The maximum Gasteiger partial charge on any atom is 0.416 e. The summed E-state index contributed by atoms with van der Waals surface area (Å²) in [6, 6.07) is 4.14. The summed E-state index contributed by atoms with van der Waals surface area (Å²) >= 11 is 0. The van der Waals surface area contributed by atoms with E-state index in [1.54, 1.807) is 0 Å². The largest absolute Gasteiger partial charge is 0.490 e. The average Bonchev–Trinajstić information content (AvgIpc) is 2.83. The fraction of sp³-hybridized carbons (Fsp3) is 0.458. The van der Waals surface area contributed by atoms with Crippen LogP contribution in [0, 0.1) is 17.6 Å². The number of carbonyl (C=O) groups excluding carboxylic acids is 1. The number of ether oxygens (including phenoxy) is 2. The molecule has 0 aromatic heterocycles. The minimum Gasteiger partial charge on any atom is -0.490 e. The molecule has 0 spiro atoms. The van der Waals surface area contributed by atoms with E-state index in [0.717, 1.165) is 31.2 Å². The van der Waals surface area contributed by atoms with Crippen LogP contribution in [0.15, 0.2) is 41.3 Å². The molecule has 3 atom stereocenters. The predicted octanol–water partition coefficient (Wildman–Crippen LogP) is 3.84. The van der Waals surface area contributed by atoms with Crippen molar-refractivity contribution in [2.75, 3.05) is 24.7 Å². The van der Waals surface area contributed by atoms with Crippen LogP contribution >= 0.6 is 0 Å². The molecular weight excluding hydrogens is 559 g/mol. The second-order valence-electron chi connectivity index (χ2n) is 9.31. The molecule has 2 heterocycles. The van der Waals surface area contributed by atoms with E-state index >= 15 is 4.39 Å². The first-order valence-corrected chi connectivity index (χ1v) is 14.8. The minimum atomic E-state index is -4.74. The summed E-state index contributed by atoms with van der Waals surface area (Å²) in [5.41, 5.74) is -1.72. The van der Waals surface area contributed by atoms with Gasteiger partial charge in [0.05, 0.1) is 34.5 Å². The van der Waals surface area contributed by atoms with Gasteiger partial charge in [-0.15, -0.1) is 0 Å². The molecule has 0 radical (unpaired) electrons. The van der Waals surface area contributed by atoms with E-state index in [9.17, 15) is 39.2 Å². The highest BCUT2D eigenvalue weighted by molar-refractivity contribution is 7.92. The number of carbonyl (C=O) groups is 1. The molecule has 0 amide bonds. The standard InChI is InChI=1S/C24H23F5O7S2/c1-14(30)13-37(31,32)11-8-20-17-12-36-22-19(26)7-6-18(25)21(22)23(17,9-10-35-20)38(33,34)16-4-2-15(3-5-16)24(27,28)29/h2-7,17,20H,8-13H2,1H3/t17-,20-,23-/m0/s1. The number of sulfone groups is 2. The quantitative estimate of drug-likeness (QED) is 0.457. The van der Waals surface area contributed by atoms with Crippen molar-refractivity contribution in [3.8, 4) is 5.75 Å². The lowest BCUT2D eigenvalue weighted by atomic mass is 9.75. The first-order chi connectivity index (χ1) is 17.6. The third-order valence-electron chi connectivity index (χ3n) is 6.85. The van der Waals surface area contributed by atoms with Crippen LogP contribution in [0.1, 0.15) is 30.9 Å². The van der Waals surface area contributed by atoms with Crippen molar-refractivity contribution in [1.29, 1.82) is 0 Å². The summed E-state index contributed by atoms with van der Waals surface area (Å²) in [4.78, 5) is 10.8. The molecule has 2 aromatic carbocycles. The van der Waals surface area contributed by atoms with Gasteiger partial charge in [-0.05, 0) is 56.2 Å². The van der Waals surface area contributed by atoms with E-state index in [4.69, 9.17) is 9.47 Å². The van der Waals surface area contributed by atoms with Crippen LogP contribution in [0.5, 0.6) is 5.75 Å². The maximum atomic E-state index is 15.3. The van der Waals surface area contributed by atoms with Crippen LogP contribution in [0.4, 0.5) is 22.0 Å². The minimum absolute atomic E-state index is 0.278. The van der Waals surface area contributed by atoms with Gasteiger partial charge >= 0.3 is 6.18 Å². The molecule has 0 bridgehead atoms. The molecule has 38 heavy (non-hydrogen) atoms. The average molecular weight is 583 g/mol. The Morgan fingerprint density at radius 2 is 1.66 bits per heavy atom. The summed E-state index contributed by atoms with van der Waals surface area (Å²) in [6.45, 7) is 0.299. The highest BCUT2D eigenvalue weighted by Crippen LogP contribution is 2.56. The third-order valence-corrected chi connectivity index (χ3v) is 11.1. The first-order valence-electron chi connectivity index (χ1n) is 11.4. The van der Waals surface area contributed by atoms with Crippen LogP contribution in [0.2, 0.25) is 0 Å². The molecule has 0 unspecified atom stereocenters. The number of fused-ring (bicyclic) bond motifs is 3. The Balaban J connectivity index is 1.86. The van der Waals surface area contributed by atoms with E-state index in [2.05, 4.69) is 0 Å². The Kier molecular flexibility index (Phi) is 7.38. The van der Waals surface area contributed by atoms with Crippen LogP contribution in [-0.4, -0.2) is 53.4 Å². The monoisotopic (exact) mass is 582 g/mol. The molecule has 1 fully saturated rings. The Morgan fingerprint density at radius 1 is 1.03 bits per heavy atom. The Bertz CT molecular complexity index is 1450. The van der Waals surface area contributed by atoms with E-state index in [0.29, 0.717) is 12.1 Å². The van der Waals surface area contributed by atoms with Gasteiger partial charge in [-0.3, -0.25) is 4.79 Å². The van der Waals surface area contributed by atoms with E-state index in [1.165, 1.54) is 0 Å². The van der Waals surface area contributed by atoms with Gasteiger partial charge in [-0.2, -0.15) is 13.2 Å². The van der Waals surface area contributed by atoms with Crippen molar-refractivity contribution in [1.82, 2.24) is 0 Å². The van der Waals surface area contributed by atoms with E-state index in [1.807, 2.05) is 0 Å². The number of rotatable bonds is 7. The van der Waals surface area contributed by atoms with Gasteiger partial charge in [0.15, 0.2) is 31.2 Å². The number of halogens is 5. The lowest BCUT2D eigenvalue weighted by Crippen LogP contribution is -2.57. The number of hydrogen-bond acceptors (Lipinski definition) is 7. The molecule has 7 nitrogen and oxygen atoms in total. The zero-order chi connectivity index (χ0) is 28.1. The summed E-state index contributed by atoms with van der Waals surface area (Å²) < 4.78 is 131. The molecule has 14 heteroatoms. The Hall–Kier alpha value is -2.58. The van der Waals surface area contributed by atoms with Gasteiger partial charge in [0.25, 0.3) is 0 Å². The smallest absolute Gasteiger partial charge is 0.416 e. The Morgan fingerprint density at radius 3 is 2.26 bits per heavy atom. The van der Waals surface area contributed by atoms with Gasteiger partial charge in [0.1, 0.15) is 22.1 Å². The van der Waals surface area contributed by atoms with E-state index < -0.39 is 106 Å². The predicted molar refractivity (Wildman–Crippen MR) is 124 cm³/mol. The molecule has 0 saturated carbocycles. The molecule has 2 aliphatic rings. The second-order valence-corrected chi connectivity index (χ2v) is 13.7. The van der Waals surface area contributed by atoms with Crippen LogP contribution in [0.3, 0.4) is 0 Å². The lowest BCUT2D eigenvalue weighted by molar-refractivity contribution is -0.137. The highest BCUT2D eigenvalue weighted by atomic mass is 32.2. The van der Waals surface area contributed by atoms with Crippen LogP contribution in [0.25, 0.3) is 0 Å². The summed E-state index contributed by atoms with van der Waals surface area (Å²) in [6.07, 6.45) is -6.54. The SMILES string of the molecule is CC(=O)CS(=O)(=O)CC[C@@H]1OCC[C@@]2(S(=O)(=O)c3ccc(C(F)(F)F)cc3)c3c(F)ccc(F)c3OC[C@@H]12. The van der Waals surface area contributed by atoms with Crippen LogP contribution in [-0.2, 0) is 40.1 Å². The Labute approximate surface area is 215 Å². The fourth-order valence-corrected chi connectivity index (χ4v) is 8.92. The number of benzene rings is 2. The van der Waals surface area contributed by atoms with Gasteiger partial charge < -0.3 is 9.47 Å². The van der Waals surface area contributed by atoms with Crippen molar-refractivity contribution >= 4 is 25.5 Å². The van der Waals surface area contributed by atoms with Gasteiger partial charge in [-0.1, -0.05) is 0 Å². The van der Waals surface area contributed by atoms with Crippen molar-refractivity contribution in [3.05, 3.63) is 59.2 Å². The lowest BCUT2D eigenvalue weighted by Gasteiger charge is -2.50. The summed E-state index contributed by atoms with van der Waals surface area (Å²) in [7, 11) is -8.62. The number of ketones is 1. The molecule has 2 aromatic rings. The van der Waals surface area contributed by atoms with Crippen molar-refractivity contribution in [3.63, 3.8) is 0 Å². The normalized spacial score (nSPS) is 23.7. The zero-order valence-electron chi connectivity index (χ0n) is 19.9. The summed E-state index contributed by atoms with van der Waals surface area (Å²) in [5, 5.41) is 0. The molecule has 2 aliphatic heterocycles. The van der Waals surface area contributed by atoms with Crippen molar-refractivity contribution in [2.45, 2.75) is 41.7 Å². The second kappa shape index (κ2) is 9.87. The fourth-order valence-electron chi connectivity index (χ4n) is 5.22. The molecule has 0 aliphatic carbocycles. The van der Waals surface area contributed by atoms with E-state index in [-0.39, 0.29) is 13.0 Å². The highest BCUT2D eigenvalue weighted by Gasteiger charge is 2.61. The zero-order valence-corrected chi connectivity index (χ0v) is 21.6. The number of hydrogen-bond donors (Lipinski definition) is 0. The maximum absolute atomic E-state index is 15.3. The first kappa shape index (κ1) is 28.4. The third kappa shape index (κ3) is 4.93. The van der Waals surface area contributed by atoms with Gasteiger partial charge in [-0.25, -0.2) is 25.6 Å². The van der Waals surface area contributed by atoms with Crippen molar-refractivity contribution in [2.24, 2.45) is 5.92 Å². The molecule has 208 valence electrons. The van der Waals surface area contributed by atoms with Gasteiger partial charge in [0, 0.05) is 12.5 Å². The summed E-state index contributed by atoms with van der Waals surface area (Å²) in [5.74, 6) is -5.91. The topological polar surface area (TPSA) is 104 Å². The molecular formula is C24H23F5O7S2. The molecule has 1 saturated heterocycles. The van der Waals surface area contributed by atoms with Crippen LogP contribution < -0.4 is 4.74 Å². The number of Topliss-reactive ketones (excluding diaryl/α,β-unsaturated/α-hetero) is 1. The number of alkyl halides is 3. The van der Waals surface area contributed by atoms with Gasteiger partial charge in [0.2, 0.25) is 0 Å². The molecule has 4 rings (SSSR count). The van der Waals surface area contributed by atoms with Crippen molar-refractivity contribution < 1.29 is 53.1 Å².